The van der Waals surface area contributed by atoms with Gasteiger partial charge in [0.25, 0.3) is 0 Å². The lowest BCUT2D eigenvalue weighted by atomic mass is 10.0. The maximum atomic E-state index is 12.5. The lowest BCUT2D eigenvalue weighted by Gasteiger charge is -2.20. The molecule has 70 heavy (non-hydrogen) atoms. The fourth-order valence-electron chi connectivity index (χ4n) is 9.87. The number of ether oxygens (including phenoxy) is 1. The van der Waals surface area contributed by atoms with E-state index in [1.807, 2.05) is 6.08 Å². The van der Waals surface area contributed by atoms with E-state index < -0.39 is 12.1 Å². The zero-order valence-electron chi connectivity index (χ0n) is 47.3. The molecule has 0 saturated heterocycles. The second-order valence-electron chi connectivity index (χ2n) is 21.7. The van der Waals surface area contributed by atoms with Crippen molar-refractivity contribution >= 4 is 11.9 Å². The highest BCUT2D eigenvalue weighted by molar-refractivity contribution is 5.76. The zero-order valence-corrected chi connectivity index (χ0v) is 47.3. The van der Waals surface area contributed by atoms with Crippen LogP contribution in [-0.2, 0) is 14.3 Å². The minimum atomic E-state index is -0.843. The molecule has 0 heterocycles. The molecule has 3 N–H and O–H groups in total. The second-order valence-corrected chi connectivity index (χ2v) is 21.7. The topological polar surface area (TPSA) is 95.9 Å². The Bertz CT molecular complexity index is 1090. The summed E-state index contributed by atoms with van der Waals surface area (Å²) in [6.07, 6.45) is 73.6. The summed E-state index contributed by atoms with van der Waals surface area (Å²) in [4.78, 5) is 24.5. The highest BCUT2D eigenvalue weighted by atomic mass is 16.5. The Hall–Kier alpha value is -1.66. The van der Waals surface area contributed by atoms with Crippen LogP contribution in [0.2, 0.25) is 0 Å². The predicted molar refractivity (Wildman–Crippen MR) is 306 cm³/mol. The average Bonchev–Trinajstić information content (AvgIpc) is 3.36. The summed E-state index contributed by atoms with van der Waals surface area (Å²) in [5, 5.41) is 23.1. The number of nitrogens with one attached hydrogen (secondary N) is 1. The Morgan fingerprint density at radius 1 is 0.386 bits per heavy atom. The van der Waals surface area contributed by atoms with Crippen LogP contribution in [-0.4, -0.2) is 47.4 Å². The van der Waals surface area contributed by atoms with E-state index in [0.29, 0.717) is 19.4 Å². The van der Waals surface area contributed by atoms with Gasteiger partial charge < -0.3 is 20.3 Å². The molecule has 414 valence electrons. The quantitative estimate of drug-likeness (QED) is 0.0321. The van der Waals surface area contributed by atoms with Crippen LogP contribution in [0.15, 0.2) is 24.3 Å². The number of esters is 1. The van der Waals surface area contributed by atoms with E-state index in [2.05, 4.69) is 31.3 Å². The third-order valence-corrected chi connectivity index (χ3v) is 14.7. The molecule has 0 aliphatic carbocycles. The molecule has 0 rings (SSSR count). The summed E-state index contributed by atoms with van der Waals surface area (Å²) in [5.41, 5.74) is 0. The lowest BCUT2D eigenvalue weighted by Crippen LogP contribution is -2.45. The lowest BCUT2D eigenvalue weighted by molar-refractivity contribution is -0.143. The van der Waals surface area contributed by atoms with E-state index in [0.717, 1.165) is 44.9 Å². The maximum Gasteiger partial charge on any atom is 0.305 e. The SMILES string of the molecule is CCCCCCCC/C=C\CCCCCCCC(=O)OCCCCCCCCCCCCCCCCCCCCCCCCCC(=O)NC(CO)C(O)/C=C/CCCCCCCCCCCCCCC. The number of allylic oxidation sites excluding steroid dienone is 3. The Labute approximate surface area is 437 Å². The van der Waals surface area contributed by atoms with Crippen molar-refractivity contribution in [2.75, 3.05) is 13.2 Å². The minimum Gasteiger partial charge on any atom is -0.466 e. The van der Waals surface area contributed by atoms with Crippen LogP contribution in [0.3, 0.4) is 0 Å². The highest BCUT2D eigenvalue weighted by Crippen LogP contribution is 2.18. The Kier molecular flexibility index (Phi) is 58.5. The van der Waals surface area contributed by atoms with E-state index in [1.54, 1.807) is 6.08 Å². The zero-order chi connectivity index (χ0) is 50.7. The molecule has 0 fully saturated rings. The molecular formula is C64H123NO5. The van der Waals surface area contributed by atoms with Crippen molar-refractivity contribution in [1.82, 2.24) is 5.32 Å². The van der Waals surface area contributed by atoms with Crippen LogP contribution < -0.4 is 5.32 Å². The van der Waals surface area contributed by atoms with Crippen molar-refractivity contribution in [3.8, 4) is 0 Å². The molecule has 0 saturated carbocycles. The van der Waals surface area contributed by atoms with E-state index in [9.17, 15) is 19.8 Å². The highest BCUT2D eigenvalue weighted by Gasteiger charge is 2.18. The van der Waals surface area contributed by atoms with Gasteiger partial charge in [0.1, 0.15) is 0 Å². The van der Waals surface area contributed by atoms with Crippen LogP contribution >= 0.6 is 0 Å². The van der Waals surface area contributed by atoms with Crippen LogP contribution in [0.25, 0.3) is 0 Å². The molecule has 2 unspecified atom stereocenters. The average molecular weight is 987 g/mol. The van der Waals surface area contributed by atoms with Crippen molar-refractivity contribution in [2.24, 2.45) is 0 Å². The maximum absolute atomic E-state index is 12.5. The first-order valence-electron chi connectivity index (χ1n) is 31.6. The predicted octanol–water partition coefficient (Wildman–Crippen LogP) is 19.8. The summed E-state index contributed by atoms with van der Waals surface area (Å²) in [7, 11) is 0. The van der Waals surface area contributed by atoms with E-state index in [-0.39, 0.29) is 18.5 Å². The number of aliphatic hydroxyl groups excluding tert-OH is 2. The van der Waals surface area contributed by atoms with E-state index in [4.69, 9.17) is 4.74 Å². The van der Waals surface area contributed by atoms with Gasteiger partial charge in [-0.3, -0.25) is 9.59 Å². The normalized spacial score (nSPS) is 12.7. The number of carbonyl (C=O) groups is 2. The van der Waals surface area contributed by atoms with Crippen LogP contribution in [0, 0.1) is 0 Å². The van der Waals surface area contributed by atoms with Gasteiger partial charge in [-0.1, -0.05) is 301 Å². The van der Waals surface area contributed by atoms with Crippen molar-refractivity contribution in [3.63, 3.8) is 0 Å². The number of aliphatic hydroxyl groups is 2. The molecule has 0 radical (unpaired) electrons. The molecule has 0 aromatic carbocycles. The van der Waals surface area contributed by atoms with Gasteiger partial charge in [-0.15, -0.1) is 0 Å². The first kappa shape index (κ1) is 68.3. The summed E-state index contributed by atoms with van der Waals surface area (Å²) >= 11 is 0. The number of rotatable bonds is 59. The second kappa shape index (κ2) is 59.9. The molecule has 0 aliphatic heterocycles. The molecule has 0 bridgehead atoms. The van der Waals surface area contributed by atoms with Crippen LogP contribution in [0.5, 0.6) is 0 Å². The van der Waals surface area contributed by atoms with E-state index in [1.165, 1.54) is 276 Å². The van der Waals surface area contributed by atoms with Crippen molar-refractivity contribution < 1.29 is 24.5 Å². The molecule has 6 nitrogen and oxygen atoms in total. The third-order valence-electron chi connectivity index (χ3n) is 14.7. The van der Waals surface area contributed by atoms with Gasteiger partial charge in [0, 0.05) is 12.8 Å². The molecule has 1 amide bonds. The fourth-order valence-corrected chi connectivity index (χ4v) is 9.87. The van der Waals surface area contributed by atoms with Gasteiger partial charge in [0.2, 0.25) is 5.91 Å². The molecule has 0 spiro atoms. The number of amides is 1. The summed E-state index contributed by atoms with van der Waals surface area (Å²) in [5.74, 6) is -0.0594. The van der Waals surface area contributed by atoms with Crippen LogP contribution in [0.4, 0.5) is 0 Å². The Morgan fingerprint density at radius 3 is 1.01 bits per heavy atom. The van der Waals surface area contributed by atoms with Gasteiger partial charge in [0.15, 0.2) is 0 Å². The summed E-state index contributed by atoms with van der Waals surface area (Å²) in [6, 6.07) is -0.627. The molecule has 0 aromatic rings. The van der Waals surface area contributed by atoms with Crippen LogP contribution in [0.1, 0.15) is 348 Å². The van der Waals surface area contributed by atoms with Crippen molar-refractivity contribution in [1.29, 1.82) is 0 Å². The molecular weight excluding hydrogens is 863 g/mol. The Morgan fingerprint density at radius 2 is 0.671 bits per heavy atom. The molecule has 6 heteroatoms. The summed E-state index contributed by atoms with van der Waals surface area (Å²) < 4.78 is 5.48. The molecule has 0 aliphatic rings. The number of unbranched alkanes of at least 4 members (excludes halogenated alkanes) is 46. The van der Waals surface area contributed by atoms with Gasteiger partial charge in [0.05, 0.1) is 25.4 Å². The number of carbonyl (C=O) groups excluding carboxylic acids is 2. The van der Waals surface area contributed by atoms with Gasteiger partial charge in [-0.05, 0) is 57.8 Å². The van der Waals surface area contributed by atoms with Gasteiger partial charge in [-0.25, -0.2) is 0 Å². The number of hydrogen-bond donors (Lipinski definition) is 3. The Balaban J connectivity index is 3.39. The minimum absolute atomic E-state index is 0.00631. The van der Waals surface area contributed by atoms with E-state index >= 15 is 0 Å². The molecule has 2 atom stereocenters. The fraction of sp³-hybridized carbons (Fsp3) is 0.906. The summed E-state index contributed by atoms with van der Waals surface area (Å²) in [6.45, 7) is 4.91. The molecule has 0 aromatic heterocycles. The largest absolute Gasteiger partial charge is 0.466 e. The first-order chi connectivity index (χ1) is 34.5. The third kappa shape index (κ3) is 55.7. The first-order valence-corrected chi connectivity index (χ1v) is 31.6. The monoisotopic (exact) mass is 986 g/mol. The van der Waals surface area contributed by atoms with Crippen molar-refractivity contribution in [3.05, 3.63) is 24.3 Å². The standard InChI is InChI=1S/C64H123NO5/c1-3-5-7-9-11-13-15-17-28-32-36-40-44-48-52-56-62(67)61(60-66)65-63(68)57-53-49-45-41-37-33-30-26-24-22-20-19-21-23-25-27-31-35-39-43-47-51-55-59-70-64(69)58-54-50-46-42-38-34-29-18-16-14-12-10-8-6-4-2/h18,29,52,56,61-62,66-67H,3-17,19-28,30-51,53-55,57-60H2,1-2H3,(H,65,68)/b29-18-,56-52+. The number of hydrogen-bond acceptors (Lipinski definition) is 5. The van der Waals surface area contributed by atoms with Gasteiger partial charge >= 0.3 is 5.97 Å². The van der Waals surface area contributed by atoms with Crippen molar-refractivity contribution in [2.45, 2.75) is 360 Å². The smallest absolute Gasteiger partial charge is 0.305 e. The van der Waals surface area contributed by atoms with Gasteiger partial charge in [-0.2, -0.15) is 0 Å².